The van der Waals surface area contributed by atoms with E-state index in [-0.39, 0.29) is 39.7 Å². The first-order valence-electron chi connectivity index (χ1n) is 11.2. The molecule has 0 aromatic rings. The Balaban J connectivity index is 0. The van der Waals surface area contributed by atoms with Gasteiger partial charge in [-0.15, -0.1) is 0 Å². The minimum Gasteiger partial charge on any atom is -0.465 e. The Morgan fingerprint density at radius 1 is 0.641 bits per heavy atom. The standard InChI is InChI=1S/C12H15F9O3.C10H17F3O2/c1-5-8(4,10(13,14)15)6(22)24-7(2,3)9(23,11(16,17)18)12(19,20)21;1-5-9(4,10(11,12)13)8(14)15-6-7(2)3/h23H,5H2,1-4H3;7H,5-6H2,1-4H3. The molecule has 0 rings (SSSR count). The molecular weight excluding hydrogens is 572 g/mol. The third-order valence-corrected chi connectivity index (χ3v) is 6.15. The molecule has 0 saturated heterocycles. The zero-order valence-corrected chi connectivity index (χ0v) is 22.3. The van der Waals surface area contributed by atoms with E-state index in [4.69, 9.17) is 0 Å². The quantitative estimate of drug-likeness (QED) is 0.233. The second-order valence-electron chi connectivity index (χ2n) is 9.96. The monoisotopic (exact) mass is 604 g/mol. The number of carbonyl (C=O) groups excluding carboxylic acids is 2. The van der Waals surface area contributed by atoms with Gasteiger partial charge in [0.05, 0.1) is 6.61 Å². The van der Waals surface area contributed by atoms with E-state index in [9.17, 15) is 67.4 Å². The van der Waals surface area contributed by atoms with E-state index in [2.05, 4.69) is 9.47 Å². The molecule has 0 fully saturated rings. The third kappa shape index (κ3) is 8.28. The van der Waals surface area contributed by atoms with E-state index in [1.807, 2.05) is 0 Å². The van der Waals surface area contributed by atoms with Crippen LogP contribution in [0.4, 0.5) is 52.7 Å². The maximum Gasteiger partial charge on any atom is 0.430 e. The number of alkyl halides is 12. The van der Waals surface area contributed by atoms with Crippen LogP contribution in [-0.2, 0) is 19.1 Å². The van der Waals surface area contributed by atoms with Crippen LogP contribution in [0, 0.1) is 16.7 Å². The van der Waals surface area contributed by atoms with E-state index >= 15 is 0 Å². The van der Waals surface area contributed by atoms with Gasteiger partial charge in [-0.2, -0.15) is 52.7 Å². The Morgan fingerprint density at radius 3 is 1.18 bits per heavy atom. The molecule has 2 atom stereocenters. The molecule has 17 heteroatoms. The number of hydrogen-bond donors (Lipinski definition) is 1. The summed E-state index contributed by atoms with van der Waals surface area (Å²) in [7, 11) is 0. The van der Waals surface area contributed by atoms with Crippen LogP contribution in [-0.4, -0.2) is 59.6 Å². The van der Waals surface area contributed by atoms with Gasteiger partial charge in [0.1, 0.15) is 0 Å². The number of aliphatic hydroxyl groups is 1. The average Bonchev–Trinajstić information content (AvgIpc) is 2.72. The summed E-state index contributed by atoms with van der Waals surface area (Å²) < 4.78 is 162. The first-order valence-corrected chi connectivity index (χ1v) is 11.2. The van der Waals surface area contributed by atoms with Gasteiger partial charge in [-0.1, -0.05) is 27.7 Å². The topological polar surface area (TPSA) is 72.8 Å². The van der Waals surface area contributed by atoms with Gasteiger partial charge in [-0.25, -0.2) is 0 Å². The predicted molar refractivity (Wildman–Crippen MR) is 112 cm³/mol. The Hall–Kier alpha value is -1.94. The summed E-state index contributed by atoms with van der Waals surface area (Å²) in [5.41, 5.74) is -15.1. The van der Waals surface area contributed by atoms with Gasteiger partial charge in [0.2, 0.25) is 0 Å². The molecule has 0 spiro atoms. The Morgan fingerprint density at radius 2 is 0.949 bits per heavy atom. The molecule has 0 amide bonds. The van der Waals surface area contributed by atoms with E-state index in [1.165, 1.54) is 6.92 Å². The first-order chi connectivity index (χ1) is 16.8. The lowest BCUT2D eigenvalue weighted by atomic mass is 9.82. The second-order valence-corrected chi connectivity index (χ2v) is 9.96. The largest absolute Gasteiger partial charge is 0.465 e. The summed E-state index contributed by atoms with van der Waals surface area (Å²) in [5, 5.41) is 9.19. The Kier molecular flexibility index (Phi) is 12.4. The van der Waals surface area contributed by atoms with Crippen molar-refractivity contribution in [3.05, 3.63) is 0 Å². The van der Waals surface area contributed by atoms with Crippen molar-refractivity contribution >= 4 is 11.9 Å². The molecule has 5 nitrogen and oxygen atoms in total. The molecule has 0 aliphatic carbocycles. The smallest absolute Gasteiger partial charge is 0.430 e. The van der Waals surface area contributed by atoms with Gasteiger partial charge in [0.15, 0.2) is 16.4 Å². The number of hydrogen-bond acceptors (Lipinski definition) is 5. The molecule has 0 saturated carbocycles. The van der Waals surface area contributed by atoms with E-state index in [0.29, 0.717) is 0 Å². The van der Waals surface area contributed by atoms with Crippen molar-refractivity contribution in [2.45, 2.75) is 104 Å². The van der Waals surface area contributed by atoms with Crippen molar-refractivity contribution in [3.63, 3.8) is 0 Å². The van der Waals surface area contributed by atoms with Crippen LogP contribution in [0.15, 0.2) is 0 Å². The van der Waals surface area contributed by atoms with Crippen molar-refractivity contribution in [2.75, 3.05) is 6.61 Å². The van der Waals surface area contributed by atoms with Gasteiger partial charge in [0, 0.05) is 0 Å². The van der Waals surface area contributed by atoms with Crippen LogP contribution in [0.3, 0.4) is 0 Å². The van der Waals surface area contributed by atoms with E-state index in [1.54, 1.807) is 13.8 Å². The highest BCUT2D eigenvalue weighted by molar-refractivity contribution is 5.78. The predicted octanol–water partition coefficient (Wildman–Crippen LogP) is 7.31. The van der Waals surface area contributed by atoms with Crippen LogP contribution in [0.25, 0.3) is 0 Å². The van der Waals surface area contributed by atoms with Gasteiger partial charge < -0.3 is 14.6 Å². The minimum atomic E-state index is -6.37. The summed E-state index contributed by atoms with van der Waals surface area (Å²) in [5.74, 6) is -3.52. The Bertz CT molecular complexity index is 813. The van der Waals surface area contributed by atoms with Gasteiger partial charge in [-0.05, 0) is 46.5 Å². The summed E-state index contributed by atoms with van der Waals surface area (Å²) in [4.78, 5) is 23.0. The molecule has 0 bridgehead atoms. The highest BCUT2D eigenvalue weighted by Gasteiger charge is 2.79. The zero-order valence-electron chi connectivity index (χ0n) is 22.3. The molecule has 0 heterocycles. The molecule has 234 valence electrons. The maximum absolute atomic E-state index is 12.9. The molecule has 0 aliphatic heterocycles. The van der Waals surface area contributed by atoms with E-state index in [0.717, 1.165) is 13.8 Å². The summed E-state index contributed by atoms with van der Waals surface area (Å²) in [6, 6.07) is 0. The fraction of sp³-hybridized carbons (Fsp3) is 0.909. The van der Waals surface area contributed by atoms with Gasteiger partial charge >= 0.3 is 36.6 Å². The van der Waals surface area contributed by atoms with Crippen LogP contribution >= 0.6 is 0 Å². The van der Waals surface area contributed by atoms with Crippen molar-refractivity contribution < 1.29 is 76.9 Å². The van der Waals surface area contributed by atoms with Crippen LogP contribution in [0.1, 0.15) is 68.2 Å². The first kappa shape index (κ1) is 39.2. The lowest BCUT2D eigenvalue weighted by Crippen LogP contribution is -2.70. The molecule has 0 aromatic heterocycles. The van der Waals surface area contributed by atoms with Crippen molar-refractivity contribution in [1.29, 1.82) is 0 Å². The molecule has 0 aromatic carbocycles. The molecular formula is C22H32F12O5. The van der Waals surface area contributed by atoms with Crippen molar-refractivity contribution in [2.24, 2.45) is 16.7 Å². The summed E-state index contributed by atoms with van der Waals surface area (Å²) >= 11 is 0. The lowest BCUT2D eigenvalue weighted by molar-refractivity contribution is -0.408. The molecule has 1 N–H and O–H groups in total. The van der Waals surface area contributed by atoms with Crippen LogP contribution in [0.2, 0.25) is 0 Å². The fourth-order valence-corrected chi connectivity index (χ4v) is 2.58. The number of ether oxygens (including phenoxy) is 2. The Labute approximate surface area is 217 Å². The molecule has 2 unspecified atom stereocenters. The van der Waals surface area contributed by atoms with Gasteiger partial charge in [0.25, 0.3) is 5.60 Å². The number of esters is 2. The zero-order chi connectivity index (χ0) is 32.3. The average molecular weight is 604 g/mol. The number of carbonyl (C=O) groups is 2. The number of halogens is 12. The van der Waals surface area contributed by atoms with Crippen molar-refractivity contribution in [3.8, 4) is 0 Å². The van der Waals surface area contributed by atoms with Crippen LogP contribution in [0.5, 0.6) is 0 Å². The van der Waals surface area contributed by atoms with Gasteiger partial charge in [-0.3, -0.25) is 9.59 Å². The fourth-order valence-electron chi connectivity index (χ4n) is 2.58. The highest BCUT2D eigenvalue weighted by Crippen LogP contribution is 2.52. The SMILES string of the molecule is CCC(C)(C(=O)OC(C)(C)C(O)(C(F)(F)F)C(F)(F)F)C(F)(F)F.CCC(C)(C(=O)OCC(C)C)C(F)(F)F. The lowest BCUT2D eigenvalue weighted by Gasteiger charge is -2.44. The molecule has 0 aliphatic rings. The summed E-state index contributed by atoms with van der Waals surface area (Å²) in [6.45, 7) is 6.92. The third-order valence-electron chi connectivity index (χ3n) is 6.15. The van der Waals surface area contributed by atoms with E-state index < -0.39 is 65.1 Å². The molecule has 0 radical (unpaired) electrons. The second kappa shape index (κ2) is 12.3. The number of rotatable bonds is 8. The summed E-state index contributed by atoms with van der Waals surface area (Å²) in [6.07, 6.45) is -23.9. The maximum atomic E-state index is 12.9. The normalized spacial score (nSPS) is 17.0. The van der Waals surface area contributed by atoms with Crippen LogP contribution < -0.4 is 0 Å². The molecule has 39 heavy (non-hydrogen) atoms. The minimum absolute atomic E-state index is 0.0184. The van der Waals surface area contributed by atoms with Crippen molar-refractivity contribution in [1.82, 2.24) is 0 Å². The highest BCUT2D eigenvalue weighted by atomic mass is 19.4.